The van der Waals surface area contributed by atoms with Crippen LogP contribution in [-0.4, -0.2) is 27.4 Å². The summed E-state index contributed by atoms with van der Waals surface area (Å²) < 4.78 is 5.56. The van der Waals surface area contributed by atoms with Crippen LogP contribution in [0.25, 0.3) is 0 Å². The Morgan fingerprint density at radius 1 is 1.17 bits per heavy atom. The number of anilines is 1. The highest BCUT2D eigenvalue weighted by Gasteiger charge is 2.29. The number of nitrogens with zero attached hydrogens (tertiary/aromatic N) is 3. The summed E-state index contributed by atoms with van der Waals surface area (Å²) in [5.74, 6) is 2.26. The van der Waals surface area contributed by atoms with Gasteiger partial charge >= 0.3 is 6.03 Å². The van der Waals surface area contributed by atoms with Gasteiger partial charge in [-0.05, 0) is 37.8 Å². The second-order valence-electron chi connectivity index (χ2n) is 6.61. The predicted molar refractivity (Wildman–Crippen MR) is 89.6 cm³/mol. The topological polar surface area (TPSA) is 71.3 Å². The summed E-state index contributed by atoms with van der Waals surface area (Å²) in [6.45, 7) is 0.734. The van der Waals surface area contributed by atoms with E-state index in [0.29, 0.717) is 11.6 Å². The van der Waals surface area contributed by atoms with Gasteiger partial charge in [0.05, 0.1) is 30.4 Å². The van der Waals surface area contributed by atoms with Gasteiger partial charge in [-0.1, -0.05) is 12.8 Å². The second-order valence-corrected chi connectivity index (χ2v) is 6.61. The van der Waals surface area contributed by atoms with Crippen molar-refractivity contribution in [2.45, 2.75) is 50.5 Å². The number of amides is 2. The lowest BCUT2D eigenvalue weighted by Gasteiger charge is -2.28. The summed E-state index contributed by atoms with van der Waals surface area (Å²) in [6, 6.07) is 3.71. The fourth-order valence-corrected chi connectivity index (χ4v) is 3.28. The molecule has 1 saturated heterocycles. The van der Waals surface area contributed by atoms with E-state index in [0.717, 1.165) is 43.8 Å². The zero-order valence-corrected chi connectivity index (χ0v) is 13.6. The Morgan fingerprint density at radius 3 is 2.71 bits per heavy atom. The van der Waals surface area contributed by atoms with Crippen LogP contribution in [0.2, 0.25) is 0 Å². The van der Waals surface area contributed by atoms with Crippen molar-refractivity contribution in [3.63, 3.8) is 0 Å². The summed E-state index contributed by atoms with van der Waals surface area (Å²) in [6.07, 6.45) is 11.6. The summed E-state index contributed by atoms with van der Waals surface area (Å²) >= 11 is 0. The largest absolute Gasteiger partial charge is 0.467 e. The van der Waals surface area contributed by atoms with Crippen molar-refractivity contribution in [1.82, 2.24) is 14.9 Å². The Kier molecular flexibility index (Phi) is 4.19. The summed E-state index contributed by atoms with van der Waals surface area (Å²) in [5.41, 5.74) is 0.645. The van der Waals surface area contributed by atoms with Gasteiger partial charge in [0.2, 0.25) is 0 Å². The molecule has 0 radical (unpaired) electrons. The van der Waals surface area contributed by atoms with Crippen molar-refractivity contribution in [1.29, 1.82) is 0 Å². The number of rotatable bonds is 3. The monoisotopic (exact) mass is 326 g/mol. The molecule has 1 aliphatic heterocycles. The quantitative estimate of drug-likeness (QED) is 0.922. The SMILES string of the molecule is O=C(Nc1cnc(C2CC2)nc1)N1CCCCC[C@H]1c1ccco1. The second kappa shape index (κ2) is 6.63. The summed E-state index contributed by atoms with van der Waals surface area (Å²) in [5, 5.41) is 2.94. The lowest BCUT2D eigenvalue weighted by Crippen LogP contribution is -2.38. The zero-order chi connectivity index (χ0) is 16.4. The molecular weight excluding hydrogens is 304 g/mol. The Bertz CT molecular complexity index is 680. The number of carbonyl (C=O) groups is 1. The van der Waals surface area contributed by atoms with Crippen LogP contribution in [0.1, 0.15) is 62.1 Å². The number of likely N-dealkylation sites (tertiary alicyclic amines) is 1. The number of hydrogen-bond donors (Lipinski definition) is 1. The highest BCUT2D eigenvalue weighted by atomic mass is 16.3. The van der Waals surface area contributed by atoms with Gasteiger partial charge in [0.1, 0.15) is 11.6 Å². The number of hydrogen-bond acceptors (Lipinski definition) is 4. The molecule has 0 unspecified atom stereocenters. The van der Waals surface area contributed by atoms with E-state index in [4.69, 9.17) is 4.42 Å². The van der Waals surface area contributed by atoms with Crippen molar-refractivity contribution in [2.75, 3.05) is 11.9 Å². The maximum absolute atomic E-state index is 12.8. The number of furan rings is 1. The van der Waals surface area contributed by atoms with Gasteiger partial charge in [0.15, 0.2) is 0 Å². The average molecular weight is 326 g/mol. The van der Waals surface area contributed by atoms with Crippen molar-refractivity contribution >= 4 is 11.7 Å². The van der Waals surface area contributed by atoms with Crippen molar-refractivity contribution in [2.24, 2.45) is 0 Å². The van der Waals surface area contributed by atoms with Crippen LogP contribution in [-0.2, 0) is 0 Å². The van der Waals surface area contributed by atoms with Gasteiger partial charge in [-0.3, -0.25) is 0 Å². The molecule has 0 bridgehead atoms. The minimum atomic E-state index is -0.110. The van der Waals surface area contributed by atoms with Crippen LogP contribution in [0.15, 0.2) is 35.2 Å². The predicted octanol–water partition coefficient (Wildman–Crippen LogP) is 4.10. The molecule has 2 fully saturated rings. The molecule has 0 aromatic carbocycles. The van der Waals surface area contributed by atoms with E-state index >= 15 is 0 Å². The zero-order valence-electron chi connectivity index (χ0n) is 13.6. The molecule has 2 amide bonds. The van der Waals surface area contributed by atoms with E-state index in [1.54, 1.807) is 18.7 Å². The first-order chi connectivity index (χ1) is 11.8. The van der Waals surface area contributed by atoms with E-state index in [1.165, 1.54) is 12.8 Å². The van der Waals surface area contributed by atoms with Crippen molar-refractivity contribution < 1.29 is 9.21 Å². The van der Waals surface area contributed by atoms with Crippen LogP contribution in [0.5, 0.6) is 0 Å². The van der Waals surface area contributed by atoms with Crippen LogP contribution in [0.4, 0.5) is 10.5 Å². The van der Waals surface area contributed by atoms with Crippen molar-refractivity contribution in [3.8, 4) is 0 Å². The molecule has 3 heterocycles. The van der Waals surface area contributed by atoms with Gasteiger partial charge in [0.25, 0.3) is 0 Å². The van der Waals surface area contributed by atoms with E-state index in [2.05, 4.69) is 15.3 Å². The van der Waals surface area contributed by atoms with Gasteiger partial charge in [-0.2, -0.15) is 0 Å². The minimum Gasteiger partial charge on any atom is -0.467 e. The number of urea groups is 1. The maximum Gasteiger partial charge on any atom is 0.322 e. The third-order valence-corrected chi connectivity index (χ3v) is 4.75. The molecule has 126 valence electrons. The normalized spacial score (nSPS) is 21.3. The summed E-state index contributed by atoms with van der Waals surface area (Å²) in [7, 11) is 0. The Morgan fingerprint density at radius 2 is 2.00 bits per heavy atom. The minimum absolute atomic E-state index is 0.00541. The number of aromatic nitrogens is 2. The standard InChI is InChI=1S/C18H22N4O2/c23-18(21-14-11-19-17(20-12-14)13-7-8-13)22-9-3-1-2-5-15(22)16-6-4-10-24-16/h4,6,10-13,15H,1-3,5,7-9H2,(H,21,23)/t15-/m0/s1. The lowest BCUT2D eigenvalue weighted by molar-refractivity contribution is 0.179. The molecular formula is C18H22N4O2. The lowest BCUT2D eigenvalue weighted by atomic mass is 10.1. The Balaban J connectivity index is 1.48. The molecule has 4 rings (SSSR count). The van der Waals surface area contributed by atoms with Crippen molar-refractivity contribution in [3.05, 3.63) is 42.4 Å². The van der Waals surface area contributed by atoms with Crippen LogP contribution < -0.4 is 5.32 Å². The third kappa shape index (κ3) is 3.27. The van der Waals surface area contributed by atoms with E-state index < -0.39 is 0 Å². The molecule has 24 heavy (non-hydrogen) atoms. The highest BCUT2D eigenvalue weighted by molar-refractivity contribution is 5.89. The molecule has 1 aliphatic carbocycles. The van der Waals surface area contributed by atoms with E-state index in [9.17, 15) is 4.79 Å². The van der Waals surface area contributed by atoms with Gasteiger partial charge in [-0.25, -0.2) is 14.8 Å². The molecule has 6 nitrogen and oxygen atoms in total. The summed E-state index contributed by atoms with van der Waals surface area (Å²) in [4.78, 5) is 23.4. The molecule has 1 saturated carbocycles. The average Bonchev–Trinajstić information content (AvgIpc) is 3.36. The van der Waals surface area contributed by atoms with Gasteiger partial charge in [-0.15, -0.1) is 0 Å². The number of nitrogens with one attached hydrogen (secondary N) is 1. The first kappa shape index (κ1) is 15.2. The molecule has 0 spiro atoms. The van der Waals surface area contributed by atoms with Crippen LogP contribution in [0.3, 0.4) is 0 Å². The van der Waals surface area contributed by atoms with Gasteiger partial charge < -0.3 is 14.6 Å². The Hall–Kier alpha value is -2.37. The van der Waals surface area contributed by atoms with E-state index in [1.807, 2.05) is 17.0 Å². The third-order valence-electron chi connectivity index (χ3n) is 4.75. The molecule has 2 aliphatic rings. The molecule has 2 aromatic heterocycles. The number of carbonyl (C=O) groups excluding carboxylic acids is 1. The fraction of sp³-hybridized carbons (Fsp3) is 0.500. The van der Waals surface area contributed by atoms with Crippen LogP contribution >= 0.6 is 0 Å². The van der Waals surface area contributed by atoms with E-state index in [-0.39, 0.29) is 12.1 Å². The first-order valence-electron chi connectivity index (χ1n) is 8.74. The molecule has 2 aromatic rings. The van der Waals surface area contributed by atoms with Crippen LogP contribution in [0, 0.1) is 0 Å². The maximum atomic E-state index is 12.8. The fourth-order valence-electron chi connectivity index (χ4n) is 3.28. The van der Waals surface area contributed by atoms with Gasteiger partial charge in [0, 0.05) is 12.5 Å². The Labute approximate surface area is 141 Å². The molecule has 6 heteroatoms. The highest BCUT2D eigenvalue weighted by Crippen LogP contribution is 2.37. The molecule has 1 atom stereocenters. The smallest absolute Gasteiger partial charge is 0.322 e. The molecule has 1 N–H and O–H groups in total. The first-order valence-corrected chi connectivity index (χ1v) is 8.74.